The summed E-state index contributed by atoms with van der Waals surface area (Å²) in [6, 6.07) is 3.07. The third-order valence-corrected chi connectivity index (χ3v) is 6.10. The first-order chi connectivity index (χ1) is 15.2. The van der Waals surface area contributed by atoms with E-state index in [-0.39, 0.29) is 11.7 Å². The van der Waals surface area contributed by atoms with Crippen molar-refractivity contribution < 1.29 is 17.7 Å². The van der Waals surface area contributed by atoms with Crippen LogP contribution in [0.3, 0.4) is 0 Å². The highest BCUT2D eigenvalue weighted by Gasteiger charge is 2.50. The summed E-state index contributed by atoms with van der Waals surface area (Å²) in [5.74, 6) is -1.67. The van der Waals surface area contributed by atoms with Gasteiger partial charge in [-0.25, -0.2) is 9.37 Å². The van der Waals surface area contributed by atoms with Crippen molar-refractivity contribution in [1.82, 2.24) is 34.9 Å². The van der Waals surface area contributed by atoms with Gasteiger partial charge in [-0.2, -0.15) is 13.8 Å². The number of aromatic nitrogens is 7. The standard InChI is InChI=1S/C20H18F3N7OS/c1-4-32-12-7-10(15-26-18(31-29-15)20(23)5-6-20)9-24-14(12)17-25-11-8-13(19(2,21)22)27-28-16(11)30(17)3/h7-9H,4-6H2,1-3H3. The fourth-order valence-electron chi connectivity index (χ4n) is 3.26. The molecular formula is C20H18F3N7OS. The van der Waals surface area contributed by atoms with Crippen molar-refractivity contribution in [2.75, 3.05) is 5.75 Å². The van der Waals surface area contributed by atoms with Crippen molar-refractivity contribution in [3.63, 3.8) is 0 Å². The van der Waals surface area contributed by atoms with E-state index < -0.39 is 17.3 Å². The number of halogens is 3. The van der Waals surface area contributed by atoms with Gasteiger partial charge >= 0.3 is 0 Å². The van der Waals surface area contributed by atoms with Crippen LogP contribution in [-0.2, 0) is 18.6 Å². The molecule has 0 N–H and O–H groups in total. The summed E-state index contributed by atoms with van der Waals surface area (Å²) in [4.78, 5) is 14.0. The van der Waals surface area contributed by atoms with Gasteiger partial charge in [-0.1, -0.05) is 12.1 Å². The number of imidazole rings is 1. The van der Waals surface area contributed by atoms with E-state index in [1.807, 2.05) is 13.0 Å². The Morgan fingerprint density at radius 1 is 1.22 bits per heavy atom. The smallest absolute Gasteiger partial charge is 0.288 e. The Bertz CT molecular complexity index is 1330. The Labute approximate surface area is 184 Å². The van der Waals surface area contributed by atoms with E-state index in [0.717, 1.165) is 17.6 Å². The van der Waals surface area contributed by atoms with Gasteiger partial charge in [0, 0.05) is 30.6 Å². The molecule has 4 aromatic rings. The molecule has 4 aromatic heterocycles. The van der Waals surface area contributed by atoms with Crippen LogP contribution in [-0.4, -0.2) is 40.6 Å². The van der Waals surface area contributed by atoms with Crippen molar-refractivity contribution in [2.24, 2.45) is 7.05 Å². The zero-order valence-electron chi connectivity index (χ0n) is 17.4. The average Bonchev–Trinajstić information content (AvgIpc) is 3.18. The Morgan fingerprint density at radius 2 is 2.00 bits per heavy atom. The molecule has 0 saturated heterocycles. The number of aryl methyl sites for hydroxylation is 1. The molecule has 0 bridgehead atoms. The number of rotatable bonds is 6. The lowest BCUT2D eigenvalue weighted by Crippen LogP contribution is -2.10. The first-order valence-corrected chi connectivity index (χ1v) is 10.9. The minimum Gasteiger partial charge on any atom is -0.335 e. The highest BCUT2D eigenvalue weighted by Crippen LogP contribution is 2.49. The number of thioether (sulfide) groups is 1. The molecule has 12 heteroatoms. The van der Waals surface area contributed by atoms with Gasteiger partial charge in [0.05, 0.1) is 0 Å². The number of alkyl halides is 3. The predicted molar refractivity (Wildman–Crippen MR) is 111 cm³/mol. The molecule has 5 rings (SSSR count). The van der Waals surface area contributed by atoms with Crippen LogP contribution < -0.4 is 0 Å². The molecule has 0 aromatic carbocycles. The number of pyridine rings is 1. The number of hydrogen-bond donors (Lipinski definition) is 0. The van der Waals surface area contributed by atoms with Crippen LogP contribution >= 0.6 is 11.8 Å². The summed E-state index contributed by atoms with van der Waals surface area (Å²) in [5.41, 5.74) is -0.161. The van der Waals surface area contributed by atoms with Gasteiger partial charge in [0.25, 0.3) is 11.8 Å². The summed E-state index contributed by atoms with van der Waals surface area (Å²) < 4.78 is 48.3. The molecule has 1 aliphatic rings. The molecule has 0 spiro atoms. The van der Waals surface area contributed by atoms with E-state index in [1.165, 1.54) is 17.8 Å². The second kappa shape index (κ2) is 7.26. The lowest BCUT2D eigenvalue weighted by molar-refractivity contribution is 0.0120. The molecule has 4 heterocycles. The zero-order chi connectivity index (χ0) is 22.7. The van der Waals surface area contributed by atoms with Gasteiger partial charge in [-0.15, -0.1) is 22.0 Å². The van der Waals surface area contributed by atoms with E-state index in [2.05, 4.69) is 30.3 Å². The van der Waals surface area contributed by atoms with Crippen molar-refractivity contribution in [2.45, 2.75) is 43.2 Å². The van der Waals surface area contributed by atoms with E-state index in [1.54, 1.807) is 17.8 Å². The molecule has 1 aliphatic carbocycles. The quantitative estimate of drug-likeness (QED) is 0.383. The van der Waals surface area contributed by atoms with Crippen LogP contribution in [0.5, 0.6) is 0 Å². The Hall–Kier alpha value is -3.02. The van der Waals surface area contributed by atoms with Gasteiger partial charge in [-0.3, -0.25) is 4.98 Å². The molecule has 0 amide bonds. The highest BCUT2D eigenvalue weighted by atomic mass is 32.2. The number of hydrogen-bond acceptors (Lipinski definition) is 8. The second-order valence-electron chi connectivity index (χ2n) is 7.71. The van der Waals surface area contributed by atoms with Gasteiger partial charge in [0.1, 0.15) is 16.9 Å². The molecule has 8 nitrogen and oxygen atoms in total. The van der Waals surface area contributed by atoms with Crippen molar-refractivity contribution >= 4 is 22.9 Å². The lowest BCUT2D eigenvalue weighted by Gasteiger charge is -2.09. The van der Waals surface area contributed by atoms with Crippen LogP contribution in [0.1, 0.15) is 38.3 Å². The summed E-state index contributed by atoms with van der Waals surface area (Å²) in [6.45, 7) is 2.75. The third-order valence-electron chi connectivity index (χ3n) is 5.19. The lowest BCUT2D eigenvalue weighted by atomic mass is 10.2. The zero-order valence-corrected chi connectivity index (χ0v) is 18.3. The second-order valence-corrected chi connectivity index (χ2v) is 9.02. The highest BCUT2D eigenvalue weighted by molar-refractivity contribution is 7.99. The maximum Gasteiger partial charge on any atom is 0.288 e. The fourth-order valence-corrected chi connectivity index (χ4v) is 4.06. The maximum absolute atomic E-state index is 14.2. The molecule has 1 fully saturated rings. The molecule has 0 aliphatic heterocycles. The molecule has 0 atom stereocenters. The molecule has 32 heavy (non-hydrogen) atoms. The Morgan fingerprint density at radius 3 is 2.69 bits per heavy atom. The number of nitrogens with zero attached hydrogens (tertiary/aromatic N) is 7. The minimum atomic E-state index is -3.12. The summed E-state index contributed by atoms with van der Waals surface area (Å²) in [6.07, 6.45) is 2.31. The fraction of sp³-hybridized carbons (Fsp3) is 0.400. The van der Waals surface area contributed by atoms with E-state index >= 15 is 0 Å². The Kier molecular flexibility index (Phi) is 4.73. The molecule has 166 valence electrons. The molecule has 0 unspecified atom stereocenters. The largest absolute Gasteiger partial charge is 0.335 e. The minimum absolute atomic E-state index is 0.0151. The third kappa shape index (κ3) is 3.51. The molecule has 0 radical (unpaired) electrons. The SMILES string of the molecule is CCSc1cc(-c2noc(C3(F)CC3)n2)cnc1-c1nc2cc(C(C)(F)F)nnc2n1C. The Balaban J connectivity index is 1.58. The van der Waals surface area contributed by atoms with Crippen LogP contribution in [0, 0.1) is 0 Å². The molecular weight excluding hydrogens is 443 g/mol. The van der Waals surface area contributed by atoms with E-state index in [0.29, 0.717) is 41.1 Å². The topological polar surface area (TPSA) is 95.4 Å². The van der Waals surface area contributed by atoms with Gasteiger partial charge < -0.3 is 9.09 Å². The summed E-state index contributed by atoms with van der Waals surface area (Å²) in [5, 5.41) is 11.5. The van der Waals surface area contributed by atoms with Crippen molar-refractivity contribution in [3.8, 4) is 22.9 Å². The van der Waals surface area contributed by atoms with Gasteiger partial charge in [0.15, 0.2) is 17.1 Å². The van der Waals surface area contributed by atoms with Crippen LogP contribution in [0.15, 0.2) is 27.7 Å². The predicted octanol–water partition coefficient (Wildman–Crippen LogP) is 4.66. The summed E-state index contributed by atoms with van der Waals surface area (Å²) >= 11 is 1.52. The van der Waals surface area contributed by atoms with Gasteiger partial charge in [-0.05, 0) is 30.7 Å². The van der Waals surface area contributed by atoms with Gasteiger partial charge in [0.2, 0.25) is 5.82 Å². The monoisotopic (exact) mass is 461 g/mol. The normalized spacial score (nSPS) is 15.4. The maximum atomic E-state index is 14.2. The van der Waals surface area contributed by atoms with E-state index in [4.69, 9.17) is 4.52 Å². The first-order valence-electron chi connectivity index (χ1n) is 9.95. The van der Waals surface area contributed by atoms with Crippen molar-refractivity contribution in [3.05, 3.63) is 29.9 Å². The summed E-state index contributed by atoms with van der Waals surface area (Å²) in [7, 11) is 1.72. The van der Waals surface area contributed by atoms with Crippen LogP contribution in [0.25, 0.3) is 34.1 Å². The average molecular weight is 461 g/mol. The number of fused-ring (bicyclic) bond motifs is 1. The van der Waals surface area contributed by atoms with E-state index in [9.17, 15) is 13.2 Å². The van der Waals surface area contributed by atoms with Crippen LogP contribution in [0.2, 0.25) is 0 Å². The van der Waals surface area contributed by atoms with Crippen molar-refractivity contribution in [1.29, 1.82) is 0 Å². The molecule has 1 saturated carbocycles. The first kappa shape index (κ1) is 20.9. The van der Waals surface area contributed by atoms with Crippen LogP contribution in [0.4, 0.5) is 13.2 Å².